The number of hydrogen-bond donors (Lipinski definition) is 0. The Morgan fingerprint density at radius 3 is 2.29 bits per heavy atom. The fourth-order valence-electron chi connectivity index (χ4n) is 4.65. The van der Waals surface area contributed by atoms with Crippen molar-refractivity contribution in [3.63, 3.8) is 0 Å². The molecular formula is C32H49NO4Si. The molecule has 0 spiro atoms. The summed E-state index contributed by atoms with van der Waals surface area (Å²) in [6.45, 7) is 14.7. The molecule has 1 heterocycles. The van der Waals surface area contributed by atoms with Crippen molar-refractivity contribution in [2.24, 2.45) is 0 Å². The van der Waals surface area contributed by atoms with Gasteiger partial charge in [0.1, 0.15) is 5.75 Å². The van der Waals surface area contributed by atoms with Crippen molar-refractivity contribution in [2.75, 3.05) is 18.6 Å². The molecule has 6 heteroatoms. The second-order valence-electron chi connectivity index (χ2n) is 12.1. The Labute approximate surface area is 232 Å². The Hall–Kier alpha value is -2.15. The molecule has 0 N–H and O–H groups in total. The summed E-state index contributed by atoms with van der Waals surface area (Å²) in [5, 5.41) is 0.153. The van der Waals surface area contributed by atoms with Gasteiger partial charge in [-0.15, -0.1) is 0 Å². The maximum atomic E-state index is 12.9. The summed E-state index contributed by atoms with van der Waals surface area (Å²) >= 11 is 0. The number of methoxy groups -OCH3 is 1. The van der Waals surface area contributed by atoms with E-state index in [0.29, 0.717) is 19.6 Å². The van der Waals surface area contributed by atoms with Crippen LogP contribution in [0.4, 0.5) is 5.69 Å². The molecule has 0 aliphatic carbocycles. The summed E-state index contributed by atoms with van der Waals surface area (Å²) in [6.07, 6.45) is 7.26. The number of hydrogen-bond acceptors (Lipinski definition) is 4. The first-order valence-electron chi connectivity index (χ1n) is 14.4. The van der Waals surface area contributed by atoms with Gasteiger partial charge in [0.25, 0.3) is 0 Å². The lowest BCUT2D eigenvalue weighted by molar-refractivity contribution is -0.117. The molecule has 1 aliphatic rings. The third-order valence-electron chi connectivity index (χ3n) is 8.24. The lowest BCUT2D eigenvalue weighted by Gasteiger charge is -2.38. The number of anilines is 1. The average Bonchev–Trinajstić information content (AvgIpc) is 3.27. The van der Waals surface area contributed by atoms with Gasteiger partial charge >= 0.3 is 0 Å². The molecule has 1 saturated heterocycles. The number of ether oxygens (including phenoxy) is 2. The molecule has 5 nitrogen and oxygen atoms in total. The molecule has 2 aromatic carbocycles. The highest BCUT2D eigenvalue weighted by atomic mass is 28.4. The minimum atomic E-state index is -1.87. The molecule has 38 heavy (non-hydrogen) atoms. The van der Waals surface area contributed by atoms with Gasteiger partial charge in [-0.05, 0) is 66.4 Å². The number of unbranched alkanes of at least 4 members (excludes halogenated alkanes) is 3. The fourth-order valence-corrected chi connectivity index (χ4v) is 5.69. The highest BCUT2D eigenvalue weighted by molar-refractivity contribution is 6.74. The van der Waals surface area contributed by atoms with Crippen LogP contribution in [0.2, 0.25) is 18.1 Å². The van der Waals surface area contributed by atoms with E-state index in [2.05, 4.69) is 77.2 Å². The second-order valence-corrected chi connectivity index (χ2v) is 16.9. The van der Waals surface area contributed by atoms with Gasteiger partial charge in [-0.1, -0.05) is 77.6 Å². The van der Waals surface area contributed by atoms with Gasteiger partial charge in [-0.25, -0.2) is 0 Å². The van der Waals surface area contributed by atoms with Gasteiger partial charge < -0.3 is 18.8 Å². The zero-order valence-electron chi connectivity index (χ0n) is 24.7. The number of amides is 1. The summed E-state index contributed by atoms with van der Waals surface area (Å²) in [7, 11) is -0.191. The molecule has 0 saturated carbocycles. The van der Waals surface area contributed by atoms with Gasteiger partial charge in [0.2, 0.25) is 5.91 Å². The van der Waals surface area contributed by atoms with E-state index < -0.39 is 8.32 Å². The number of carbonyl (C=O) groups excluding carboxylic acids is 1. The molecule has 0 bridgehead atoms. The van der Waals surface area contributed by atoms with Crippen LogP contribution in [0.1, 0.15) is 89.9 Å². The topological polar surface area (TPSA) is 48.0 Å². The van der Waals surface area contributed by atoms with E-state index in [1.54, 1.807) is 7.11 Å². The van der Waals surface area contributed by atoms with Crippen LogP contribution in [0.25, 0.3) is 0 Å². The molecule has 1 aliphatic heterocycles. The Kier molecular flexibility index (Phi) is 11.0. The lowest BCUT2D eigenvalue weighted by Crippen LogP contribution is -2.45. The minimum absolute atomic E-state index is 0.0232. The maximum Gasteiger partial charge on any atom is 0.227 e. The molecule has 0 aromatic heterocycles. The Bertz CT molecular complexity index is 998. The smallest absolute Gasteiger partial charge is 0.227 e. The summed E-state index contributed by atoms with van der Waals surface area (Å²) in [5.74, 6) is 1.04. The fraction of sp³-hybridized carbons (Fsp3) is 0.594. The Morgan fingerprint density at radius 2 is 1.68 bits per heavy atom. The van der Waals surface area contributed by atoms with Crippen molar-refractivity contribution in [1.82, 2.24) is 0 Å². The number of nitrogens with zero attached hydrogens (tertiary/aromatic N) is 1. The van der Waals surface area contributed by atoms with Crippen LogP contribution in [-0.2, 0) is 20.6 Å². The largest absolute Gasteiger partial charge is 0.497 e. The van der Waals surface area contributed by atoms with Crippen molar-refractivity contribution < 1.29 is 18.7 Å². The Morgan fingerprint density at radius 1 is 1.00 bits per heavy atom. The maximum absolute atomic E-state index is 12.9. The van der Waals surface area contributed by atoms with Gasteiger partial charge in [0.15, 0.2) is 8.32 Å². The van der Waals surface area contributed by atoms with Crippen LogP contribution in [0.3, 0.4) is 0 Å². The number of carbonyl (C=O) groups is 1. The van der Waals surface area contributed by atoms with Gasteiger partial charge in [-0.3, -0.25) is 4.79 Å². The van der Waals surface area contributed by atoms with E-state index in [0.717, 1.165) is 36.3 Å². The first kappa shape index (κ1) is 30.4. The predicted octanol–water partition coefficient (Wildman–Crippen LogP) is 8.44. The molecule has 2 atom stereocenters. The van der Waals surface area contributed by atoms with Crippen LogP contribution in [0.15, 0.2) is 48.5 Å². The monoisotopic (exact) mass is 539 g/mol. The molecule has 210 valence electrons. The van der Waals surface area contributed by atoms with E-state index in [1.165, 1.54) is 24.8 Å². The minimum Gasteiger partial charge on any atom is -0.497 e. The van der Waals surface area contributed by atoms with Crippen LogP contribution in [0.5, 0.6) is 5.75 Å². The van der Waals surface area contributed by atoms with E-state index in [-0.39, 0.29) is 23.1 Å². The standard InChI is InChI=1S/C32H49NO4Si/c1-8-9-10-11-12-30(36-23-25-13-20-29(35-5)21-14-25)26-15-17-27(18-16-26)33-28(19-22-31(33)34)24-37-38(6,7)32(2,3)4/h13-18,20-21,28,30H,8-12,19,22-24H2,1-7H3/t28-,30?/m1/s1. The van der Waals surface area contributed by atoms with E-state index in [1.807, 2.05) is 17.0 Å². The van der Waals surface area contributed by atoms with E-state index >= 15 is 0 Å². The van der Waals surface area contributed by atoms with E-state index in [4.69, 9.17) is 13.9 Å². The quantitative estimate of drug-likeness (QED) is 0.178. The first-order valence-corrected chi connectivity index (χ1v) is 17.3. The van der Waals surface area contributed by atoms with Crippen molar-refractivity contribution in [3.05, 3.63) is 59.7 Å². The predicted molar refractivity (Wildman–Crippen MR) is 159 cm³/mol. The zero-order chi connectivity index (χ0) is 27.8. The normalized spacial score (nSPS) is 17.2. The van der Waals surface area contributed by atoms with Gasteiger partial charge in [0.05, 0.1) is 32.5 Å². The molecule has 1 fully saturated rings. The Balaban J connectivity index is 1.70. The summed E-state index contributed by atoms with van der Waals surface area (Å²) in [5.41, 5.74) is 3.26. The van der Waals surface area contributed by atoms with Crippen molar-refractivity contribution >= 4 is 19.9 Å². The van der Waals surface area contributed by atoms with Gasteiger partial charge in [-0.2, -0.15) is 0 Å². The molecule has 0 radical (unpaired) electrons. The number of benzene rings is 2. The van der Waals surface area contributed by atoms with Crippen LogP contribution < -0.4 is 9.64 Å². The lowest BCUT2D eigenvalue weighted by atomic mass is 10.0. The average molecular weight is 540 g/mol. The van der Waals surface area contributed by atoms with Crippen molar-refractivity contribution in [3.8, 4) is 5.75 Å². The summed E-state index contributed by atoms with van der Waals surface area (Å²) in [6, 6.07) is 16.6. The highest BCUT2D eigenvalue weighted by Crippen LogP contribution is 2.38. The second kappa shape index (κ2) is 13.8. The molecule has 2 aromatic rings. The van der Waals surface area contributed by atoms with Crippen LogP contribution in [-0.4, -0.2) is 34.0 Å². The molecule has 3 rings (SSSR count). The SMILES string of the molecule is CCCCCCC(OCc1ccc(OC)cc1)c1ccc(N2C(=O)CC[C@@H]2CO[Si](C)(C)C(C)(C)C)cc1. The number of rotatable bonds is 14. The first-order chi connectivity index (χ1) is 18.1. The molecular weight excluding hydrogens is 490 g/mol. The zero-order valence-corrected chi connectivity index (χ0v) is 25.7. The van der Waals surface area contributed by atoms with Crippen molar-refractivity contribution in [2.45, 2.75) is 110 Å². The van der Waals surface area contributed by atoms with Crippen LogP contribution >= 0.6 is 0 Å². The third kappa shape index (κ3) is 8.17. The summed E-state index contributed by atoms with van der Waals surface area (Å²) < 4.78 is 18.2. The molecule has 1 amide bonds. The highest BCUT2D eigenvalue weighted by Gasteiger charge is 2.40. The van der Waals surface area contributed by atoms with Crippen molar-refractivity contribution in [1.29, 1.82) is 0 Å². The van der Waals surface area contributed by atoms with Gasteiger partial charge in [0, 0.05) is 12.1 Å². The third-order valence-corrected chi connectivity index (χ3v) is 12.7. The van der Waals surface area contributed by atoms with E-state index in [9.17, 15) is 4.79 Å². The van der Waals surface area contributed by atoms with Crippen LogP contribution in [0, 0.1) is 0 Å². The molecule has 1 unspecified atom stereocenters. The summed E-state index contributed by atoms with van der Waals surface area (Å²) in [4.78, 5) is 14.8.